The Morgan fingerprint density at radius 2 is 1.59 bits per heavy atom. The van der Waals surface area contributed by atoms with Gasteiger partial charge >= 0.3 is 20.9 Å². The third-order valence-electron chi connectivity index (χ3n) is 7.12. The van der Waals surface area contributed by atoms with Crippen LogP contribution >= 0.6 is 0 Å². The van der Waals surface area contributed by atoms with E-state index in [-0.39, 0.29) is 6.09 Å². The number of rotatable bonds is 21. The predicted octanol–water partition coefficient (Wildman–Crippen LogP) is 6.55. The molecule has 232 valence electrons. The maximum absolute atomic E-state index is 12.0. The van der Waals surface area contributed by atoms with Gasteiger partial charge in [0.05, 0.1) is 12.7 Å². The minimum absolute atomic E-state index is 0.316. The van der Waals surface area contributed by atoms with Crippen LogP contribution in [0.2, 0.25) is 6.04 Å². The topological polar surface area (TPSA) is 113 Å². The van der Waals surface area contributed by atoms with Gasteiger partial charge in [0.1, 0.15) is 0 Å². The first kappa shape index (κ1) is 35.0. The Morgan fingerprint density at radius 3 is 2.22 bits per heavy atom. The second-order valence-corrected chi connectivity index (χ2v) is 13.0. The van der Waals surface area contributed by atoms with Crippen molar-refractivity contribution >= 4 is 26.9 Å². The van der Waals surface area contributed by atoms with Gasteiger partial charge in [0.15, 0.2) is 0 Å². The lowest BCUT2D eigenvalue weighted by molar-refractivity contribution is -0.131. The van der Waals surface area contributed by atoms with Crippen molar-refractivity contribution in [1.82, 2.24) is 5.32 Å². The first-order chi connectivity index (χ1) is 19.9. The second-order valence-electron chi connectivity index (χ2n) is 10.2. The summed E-state index contributed by atoms with van der Waals surface area (Å²) in [6.45, 7) is 9.11. The quantitative estimate of drug-likeness (QED) is 0.0937. The minimum atomic E-state index is -2.67. The summed E-state index contributed by atoms with van der Waals surface area (Å²) in [5, 5.41) is 11.6. The summed E-state index contributed by atoms with van der Waals surface area (Å²) in [6, 6.07) is 8.83. The van der Waals surface area contributed by atoms with E-state index in [9.17, 15) is 9.59 Å². The van der Waals surface area contributed by atoms with E-state index in [4.69, 9.17) is 27.9 Å². The zero-order chi connectivity index (χ0) is 29.8. The Kier molecular flexibility index (Phi) is 17.6. The van der Waals surface area contributed by atoms with Gasteiger partial charge < -0.3 is 33.2 Å². The summed E-state index contributed by atoms with van der Waals surface area (Å²) in [5.41, 5.74) is 2.20. The second kappa shape index (κ2) is 20.6. The van der Waals surface area contributed by atoms with Gasteiger partial charge in [-0.05, 0) is 95.3 Å². The van der Waals surface area contributed by atoms with Crippen LogP contribution in [0, 0.1) is 0 Å². The fourth-order valence-corrected chi connectivity index (χ4v) is 7.78. The molecule has 0 saturated heterocycles. The van der Waals surface area contributed by atoms with Gasteiger partial charge in [-0.1, -0.05) is 30.7 Å². The van der Waals surface area contributed by atoms with E-state index in [0.717, 1.165) is 63.5 Å². The molecule has 1 amide bonds. The fraction of sp³-hybridized carbons (Fsp3) is 0.677. The zero-order valence-corrected chi connectivity index (χ0v) is 26.2. The molecule has 0 atom stereocenters. The molecule has 1 saturated carbocycles. The van der Waals surface area contributed by atoms with Gasteiger partial charge in [-0.2, -0.15) is 0 Å². The Bertz CT molecular complexity index is 887. The standard InChI is InChI=1S/C31H51NO8Si/c1-4-38-41(39-5-2,40-6-3)24-12-21-32-31(35)37-23-10-8-7-9-22-36-29-18-16-27(17-19-29)28-14-11-13-26(25-28)15-20-30(33)34/h11,13-15,20,25,27,29H,4-10,12,16-19,21-24H2,1-3H3,(H,32,35)(H,33,34)/b20-15+. The first-order valence-corrected chi connectivity index (χ1v) is 17.3. The smallest absolute Gasteiger partial charge is 0.478 e. The number of benzene rings is 1. The van der Waals surface area contributed by atoms with Crippen molar-refractivity contribution < 1.29 is 37.4 Å². The van der Waals surface area contributed by atoms with Crippen LogP contribution in [0.15, 0.2) is 30.3 Å². The summed E-state index contributed by atoms with van der Waals surface area (Å²) in [6.07, 6.45) is 11.6. The lowest BCUT2D eigenvalue weighted by Gasteiger charge is -2.29. The molecule has 0 radical (unpaired) electrons. The molecule has 1 aromatic rings. The zero-order valence-electron chi connectivity index (χ0n) is 25.2. The first-order valence-electron chi connectivity index (χ1n) is 15.4. The maximum Gasteiger partial charge on any atom is 0.500 e. The van der Waals surface area contributed by atoms with Crippen molar-refractivity contribution in [2.24, 2.45) is 0 Å². The van der Waals surface area contributed by atoms with E-state index in [2.05, 4.69) is 17.4 Å². The molecule has 0 heterocycles. The highest BCUT2D eigenvalue weighted by Crippen LogP contribution is 2.34. The predicted molar refractivity (Wildman–Crippen MR) is 162 cm³/mol. The Balaban J connectivity index is 1.49. The summed E-state index contributed by atoms with van der Waals surface area (Å²) >= 11 is 0. The molecule has 2 rings (SSSR count). The molecule has 41 heavy (non-hydrogen) atoms. The number of carbonyl (C=O) groups excluding carboxylic acids is 1. The molecule has 10 heteroatoms. The third-order valence-corrected chi connectivity index (χ3v) is 10.3. The average Bonchev–Trinajstić information content (AvgIpc) is 2.96. The summed E-state index contributed by atoms with van der Waals surface area (Å²) in [4.78, 5) is 22.8. The Labute approximate surface area is 247 Å². The maximum atomic E-state index is 12.0. The van der Waals surface area contributed by atoms with Crippen molar-refractivity contribution in [1.29, 1.82) is 0 Å². The van der Waals surface area contributed by atoms with Gasteiger partial charge in [0, 0.05) is 45.1 Å². The molecule has 1 aromatic carbocycles. The molecule has 1 aliphatic carbocycles. The SMILES string of the molecule is CCO[Si](CCCNC(=O)OCCCCCCOC1CCC(c2cccc(/C=C/C(=O)O)c2)CC1)(OCC)OCC. The highest BCUT2D eigenvalue weighted by molar-refractivity contribution is 6.60. The van der Waals surface area contributed by atoms with Gasteiger partial charge in [0.2, 0.25) is 0 Å². The van der Waals surface area contributed by atoms with Crippen LogP contribution in [0.25, 0.3) is 6.08 Å². The van der Waals surface area contributed by atoms with Crippen LogP contribution in [0.4, 0.5) is 4.79 Å². The van der Waals surface area contributed by atoms with Crippen molar-refractivity contribution in [3.05, 3.63) is 41.5 Å². The van der Waals surface area contributed by atoms with Gasteiger partial charge in [-0.15, -0.1) is 0 Å². The summed E-state index contributed by atoms with van der Waals surface area (Å²) < 4.78 is 28.9. The molecule has 1 aliphatic rings. The molecule has 0 unspecified atom stereocenters. The number of aliphatic carboxylic acids is 1. The van der Waals surface area contributed by atoms with E-state index >= 15 is 0 Å². The van der Waals surface area contributed by atoms with Crippen LogP contribution in [-0.4, -0.2) is 71.7 Å². The average molecular weight is 594 g/mol. The molecule has 0 aliphatic heterocycles. The van der Waals surface area contributed by atoms with E-state index in [1.54, 1.807) is 6.08 Å². The Morgan fingerprint density at radius 1 is 0.927 bits per heavy atom. The number of unbranched alkanes of at least 4 members (excludes halogenated alkanes) is 3. The van der Waals surface area contributed by atoms with E-state index in [1.165, 1.54) is 11.6 Å². The van der Waals surface area contributed by atoms with Gasteiger partial charge in [-0.25, -0.2) is 9.59 Å². The monoisotopic (exact) mass is 593 g/mol. The molecule has 0 aromatic heterocycles. The number of carboxylic acids is 1. The number of alkyl carbamates (subject to hydrolysis) is 1. The molecule has 1 fully saturated rings. The van der Waals surface area contributed by atoms with Crippen molar-refractivity contribution in [2.45, 2.75) is 96.6 Å². The molecule has 0 bridgehead atoms. The normalized spacial score (nSPS) is 17.5. The molecular weight excluding hydrogens is 542 g/mol. The van der Waals surface area contributed by atoms with Gasteiger partial charge in [-0.3, -0.25) is 0 Å². The number of carbonyl (C=O) groups is 2. The largest absolute Gasteiger partial charge is 0.500 e. The molecular formula is C31H51NO8Si. The fourth-order valence-electron chi connectivity index (χ4n) is 5.17. The number of hydrogen-bond acceptors (Lipinski definition) is 7. The van der Waals surface area contributed by atoms with Gasteiger partial charge in [0.25, 0.3) is 0 Å². The van der Waals surface area contributed by atoms with E-state index in [0.29, 0.717) is 57.5 Å². The number of carboxylic acid groups (broad SMARTS) is 1. The van der Waals surface area contributed by atoms with Crippen LogP contribution in [0.5, 0.6) is 0 Å². The highest BCUT2D eigenvalue weighted by Gasteiger charge is 2.39. The summed E-state index contributed by atoms with van der Waals surface area (Å²) in [7, 11) is -2.67. The number of hydrogen-bond donors (Lipinski definition) is 2. The highest BCUT2D eigenvalue weighted by atomic mass is 28.4. The third kappa shape index (κ3) is 14.5. The molecule has 2 N–H and O–H groups in total. The van der Waals surface area contributed by atoms with Crippen LogP contribution in [0.1, 0.15) is 95.6 Å². The van der Waals surface area contributed by atoms with Crippen molar-refractivity contribution in [3.8, 4) is 0 Å². The molecule has 9 nitrogen and oxygen atoms in total. The van der Waals surface area contributed by atoms with Crippen LogP contribution in [-0.2, 0) is 27.5 Å². The van der Waals surface area contributed by atoms with Crippen LogP contribution in [0.3, 0.4) is 0 Å². The van der Waals surface area contributed by atoms with E-state index < -0.39 is 14.8 Å². The van der Waals surface area contributed by atoms with Crippen molar-refractivity contribution in [3.63, 3.8) is 0 Å². The minimum Gasteiger partial charge on any atom is -0.478 e. The number of ether oxygens (including phenoxy) is 2. The lowest BCUT2D eigenvalue weighted by Crippen LogP contribution is -2.46. The van der Waals surface area contributed by atoms with Crippen molar-refractivity contribution in [2.75, 3.05) is 39.6 Å². The summed E-state index contributed by atoms with van der Waals surface area (Å²) in [5.74, 6) is -0.431. The van der Waals surface area contributed by atoms with E-state index in [1.807, 2.05) is 32.9 Å². The Hall–Kier alpha value is -2.24. The lowest BCUT2D eigenvalue weighted by atomic mass is 9.82. The van der Waals surface area contributed by atoms with Crippen LogP contribution < -0.4 is 5.32 Å². The number of nitrogens with one attached hydrogen (secondary N) is 1. The molecule has 0 spiro atoms. The number of amides is 1.